The van der Waals surface area contributed by atoms with Crippen LogP contribution in [0.1, 0.15) is 52.0 Å². The van der Waals surface area contributed by atoms with Gasteiger partial charge < -0.3 is 4.90 Å². The highest BCUT2D eigenvalue weighted by Gasteiger charge is 2.36. The number of amides is 1. The van der Waals surface area contributed by atoms with Gasteiger partial charge in [0.05, 0.1) is 5.69 Å². The highest BCUT2D eigenvalue weighted by molar-refractivity contribution is 5.95. The van der Waals surface area contributed by atoms with Gasteiger partial charge in [0.1, 0.15) is 5.56 Å². The summed E-state index contributed by atoms with van der Waals surface area (Å²) in [6.07, 6.45) is 0.917. The smallest absolute Gasteiger partial charge is 0.279 e. The number of rotatable bonds is 2. The van der Waals surface area contributed by atoms with E-state index in [0.29, 0.717) is 23.7 Å². The van der Waals surface area contributed by atoms with Gasteiger partial charge in [-0.15, -0.1) is 0 Å². The van der Waals surface area contributed by atoms with Crippen molar-refractivity contribution < 1.29 is 4.79 Å². The van der Waals surface area contributed by atoms with Crippen molar-refractivity contribution >= 4 is 5.91 Å². The number of nitrogens with zero attached hydrogens (tertiary/aromatic N) is 3. The number of hydrogen-bond acceptors (Lipinski definition) is 3. The Balaban J connectivity index is 1.95. The van der Waals surface area contributed by atoms with Crippen LogP contribution in [0.4, 0.5) is 0 Å². The van der Waals surface area contributed by atoms with Crippen molar-refractivity contribution in [3.63, 3.8) is 0 Å². The summed E-state index contributed by atoms with van der Waals surface area (Å²) < 4.78 is 1.26. The van der Waals surface area contributed by atoms with E-state index < -0.39 is 0 Å². The van der Waals surface area contributed by atoms with Crippen LogP contribution in [0.15, 0.2) is 29.1 Å². The first-order valence-corrected chi connectivity index (χ1v) is 8.72. The Kier molecular flexibility index (Phi) is 4.50. The van der Waals surface area contributed by atoms with E-state index in [1.54, 1.807) is 14.0 Å². The van der Waals surface area contributed by atoms with E-state index in [4.69, 9.17) is 0 Å². The first kappa shape index (κ1) is 17.4. The number of aromatic nitrogens is 2. The van der Waals surface area contributed by atoms with E-state index in [-0.39, 0.29) is 23.1 Å². The minimum atomic E-state index is -0.320. The van der Waals surface area contributed by atoms with Crippen molar-refractivity contribution in [2.75, 3.05) is 6.54 Å². The molecule has 0 aliphatic carbocycles. The second kappa shape index (κ2) is 6.47. The summed E-state index contributed by atoms with van der Waals surface area (Å²) in [7, 11) is 1.59. The number of benzene rings is 1. The number of carbonyl (C=O) groups excluding carboxylic acids is 1. The quantitative estimate of drug-likeness (QED) is 0.845. The van der Waals surface area contributed by atoms with Gasteiger partial charge in [0, 0.05) is 25.6 Å². The summed E-state index contributed by atoms with van der Waals surface area (Å²) >= 11 is 0. The summed E-state index contributed by atoms with van der Waals surface area (Å²) in [5, 5.41) is 4.17. The third-order valence-electron chi connectivity index (χ3n) is 5.40. The highest BCUT2D eigenvalue weighted by atomic mass is 16.2. The van der Waals surface area contributed by atoms with Crippen LogP contribution >= 0.6 is 0 Å². The van der Waals surface area contributed by atoms with E-state index >= 15 is 0 Å². The molecular formula is C20H25N3O2. The molecule has 0 spiro atoms. The lowest BCUT2D eigenvalue weighted by Gasteiger charge is -2.22. The van der Waals surface area contributed by atoms with Gasteiger partial charge in [-0.3, -0.25) is 9.59 Å². The molecule has 5 nitrogen and oxygen atoms in total. The Labute approximate surface area is 148 Å². The molecule has 1 aliphatic rings. The summed E-state index contributed by atoms with van der Waals surface area (Å²) in [6, 6.07) is 8.43. The molecule has 1 amide bonds. The van der Waals surface area contributed by atoms with E-state index in [1.165, 1.54) is 15.8 Å². The van der Waals surface area contributed by atoms with E-state index in [9.17, 15) is 9.59 Å². The zero-order chi connectivity index (χ0) is 18.3. The Morgan fingerprint density at radius 3 is 2.56 bits per heavy atom. The third-order valence-corrected chi connectivity index (χ3v) is 5.40. The molecule has 25 heavy (non-hydrogen) atoms. The lowest BCUT2D eigenvalue weighted by molar-refractivity contribution is 0.0742. The molecule has 0 bridgehead atoms. The number of hydrogen-bond donors (Lipinski definition) is 0. The van der Waals surface area contributed by atoms with Gasteiger partial charge in [-0.2, -0.15) is 5.10 Å². The van der Waals surface area contributed by atoms with Crippen molar-refractivity contribution in [1.82, 2.24) is 14.7 Å². The first-order valence-electron chi connectivity index (χ1n) is 8.72. The topological polar surface area (TPSA) is 55.2 Å². The highest BCUT2D eigenvalue weighted by Crippen LogP contribution is 2.34. The Bertz CT molecular complexity index is 885. The first-order chi connectivity index (χ1) is 11.8. The summed E-state index contributed by atoms with van der Waals surface area (Å²) in [6.45, 7) is 8.45. The Hall–Kier alpha value is -2.43. The number of aryl methyl sites for hydroxylation is 3. The molecule has 2 aromatic rings. The summed E-state index contributed by atoms with van der Waals surface area (Å²) in [5.74, 6) is 0.138. The lowest BCUT2D eigenvalue weighted by Crippen LogP contribution is -2.40. The fourth-order valence-electron chi connectivity index (χ4n) is 3.83. The predicted octanol–water partition coefficient (Wildman–Crippen LogP) is 2.72. The molecule has 5 heteroatoms. The molecule has 1 saturated heterocycles. The lowest BCUT2D eigenvalue weighted by atomic mass is 9.93. The second-order valence-corrected chi connectivity index (χ2v) is 7.11. The molecule has 0 saturated carbocycles. The molecule has 0 radical (unpaired) electrons. The van der Waals surface area contributed by atoms with Gasteiger partial charge in [-0.1, -0.05) is 24.3 Å². The molecule has 3 rings (SSSR count). The molecule has 1 aromatic heterocycles. The average Bonchev–Trinajstić information content (AvgIpc) is 2.95. The molecule has 0 unspecified atom stereocenters. The van der Waals surface area contributed by atoms with Crippen LogP contribution < -0.4 is 5.56 Å². The maximum atomic E-state index is 13.2. The Morgan fingerprint density at radius 2 is 1.88 bits per heavy atom. The third kappa shape index (κ3) is 2.99. The van der Waals surface area contributed by atoms with Gasteiger partial charge in [-0.05, 0) is 50.8 Å². The maximum absolute atomic E-state index is 13.2. The standard InChI is InChI=1S/C20H25N3O2/c1-12-8-6-7-9-17(12)16-10-13(2)23(11-16)20(25)18-14(3)15(4)21-22(5)19(18)24/h6-9,13,16H,10-11H2,1-5H3/t13-,16+/m1/s1. The van der Waals surface area contributed by atoms with Crippen LogP contribution in [0.2, 0.25) is 0 Å². The normalized spacial score (nSPS) is 20.1. The van der Waals surface area contributed by atoms with Gasteiger partial charge in [0.15, 0.2) is 0 Å². The molecule has 2 heterocycles. The molecule has 1 aliphatic heterocycles. The maximum Gasteiger partial charge on any atom is 0.279 e. The minimum absolute atomic E-state index is 0.106. The molecule has 1 aromatic carbocycles. The van der Waals surface area contributed by atoms with Crippen molar-refractivity contribution in [2.24, 2.45) is 7.05 Å². The fourth-order valence-corrected chi connectivity index (χ4v) is 3.83. The molecule has 1 fully saturated rings. The fraction of sp³-hybridized carbons (Fsp3) is 0.450. The zero-order valence-corrected chi connectivity index (χ0v) is 15.5. The van der Waals surface area contributed by atoms with Crippen LogP contribution in [0, 0.1) is 20.8 Å². The van der Waals surface area contributed by atoms with Crippen molar-refractivity contribution in [3.8, 4) is 0 Å². The molecule has 132 valence electrons. The largest absolute Gasteiger partial charge is 0.335 e. The minimum Gasteiger partial charge on any atom is -0.335 e. The zero-order valence-electron chi connectivity index (χ0n) is 15.5. The van der Waals surface area contributed by atoms with Gasteiger partial charge in [0.2, 0.25) is 0 Å². The van der Waals surface area contributed by atoms with Crippen molar-refractivity contribution in [3.05, 3.63) is 62.6 Å². The predicted molar refractivity (Wildman–Crippen MR) is 98.0 cm³/mol. The SMILES string of the molecule is Cc1ccccc1[C@H]1C[C@@H](C)N(C(=O)c2c(C)c(C)nn(C)c2=O)C1. The van der Waals surface area contributed by atoms with E-state index in [1.807, 2.05) is 24.0 Å². The molecule has 2 atom stereocenters. The van der Waals surface area contributed by atoms with Crippen LogP contribution in [0.25, 0.3) is 0 Å². The number of likely N-dealkylation sites (tertiary alicyclic amines) is 1. The van der Waals surface area contributed by atoms with E-state index in [2.05, 4.69) is 31.1 Å². The van der Waals surface area contributed by atoms with Gasteiger partial charge >= 0.3 is 0 Å². The van der Waals surface area contributed by atoms with Gasteiger partial charge in [0.25, 0.3) is 11.5 Å². The monoisotopic (exact) mass is 339 g/mol. The van der Waals surface area contributed by atoms with Crippen LogP contribution in [-0.4, -0.2) is 33.2 Å². The Morgan fingerprint density at radius 1 is 1.20 bits per heavy atom. The number of carbonyl (C=O) groups is 1. The van der Waals surface area contributed by atoms with Gasteiger partial charge in [-0.25, -0.2) is 4.68 Å². The van der Waals surface area contributed by atoms with Crippen molar-refractivity contribution in [1.29, 1.82) is 0 Å². The van der Waals surface area contributed by atoms with Crippen LogP contribution in [0.3, 0.4) is 0 Å². The summed E-state index contributed by atoms with van der Waals surface area (Å²) in [4.78, 5) is 27.5. The van der Waals surface area contributed by atoms with E-state index in [0.717, 1.165) is 6.42 Å². The molecule has 0 N–H and O–H groups in total. The van der Waals surface area contributed by atoms with Crippen molar-refractivity contribution in [2.45, 2.75) is 46.1 Å². The molecular weight excluding hydrogens is 314 g/mol. The van der Waals surface area contributed by atoms with Crippen LogP contribution in [0.5, 0.6) is 0 Å². The average molecular weight is 339 g/mol. The van der Waals surface area contributed by atoms with Crippen LogP contribution in [-0.2, 0) is 7.05 Å². The summed E-state index contributed by atoms with van der Waals surface area (Å²) in [5.41, 5.74) is 3.88. The second-order valence-electron chi connectivity index (χ2n) is 7.11.